The maximum absolute atomic E-state index is 12.5. The second-order valence-electron chi connectivity index (χ2n) is 5.67. The first-order valence-electron chi connectivity index (χ1n) is 8.20. The number of likely N-dealkylation sites (N-methyl/N-ethyl adjacent to an activating group) is 1. The zero-order valence-corrected chi connectivity index (χ0v) is 17.2. The number of aromatic nitrogens is 2. The van der Waals surface area contributed by atoms with Crippen molar-refractivity contribution in [2.75, 3.05) is 20.2 Å². The third-order valence-electron chi connectivity index (χ3n) is 3.65. The molecule has 0 spiro atoms. The Morgan fingerprint density at radius 1 is 1.33 bits per heavy atom. The smallest absolute Gasteiger partial charge is 0.277 e. The quantitative estimate of drug-likeness (QED) is 0.498. The van der Waals surface area contributed by atoms with Crippen LogP contribution in [0.5, 0.6) is 5.75 Å². The SMILES string of the molecule is CC(Sc1nnc(-c2cccs2)o1)C(=O)N(C)CCOc1ccc(Cl)cc1. The molecule has 0 aliphatic rings. The predicted octanol–water partition coefficient (Wildman–Crippen LogP) is 4.47. The summed E-state index contributed by atoms with van der Waals surface area (Å²) in [6.45, 7) is 2.68. The average molecular weight is 424 g/mol. The van der Waals surface area contributed by atoms with Gasteiger partial charge >= 0.3 is 0 Å². The van der Waals surface area contributed by atoms with E-state index in [0.29, 0.717) is 29.3 Å². The van der Waals surface area contributed by atoms with Gasteiger partial charge in [-0.1, -0.05) is 29.4 Å². The molecule has 2 heterocycles. The van der Waals surface area contributed by atoms with Gasteiger partial charge in [0, 0.05) is 12.1 Å². The molecular weight excluding hydrogens is 406 g/mol. The molecule has 9 heteroatoms. The van der Waals surface area contributed by atoms with Crippen LogP contribution < -0.4 is 4.74 Å². The molecule has 0 fully saturated rings. The zero-order chi connectivity index (χ0) is 19.2. The van der Waals surface area contributed by atoms with Crippen molar-refractivity contribution in [3.05, 3.63) is 46.8 Å². The van der Waals surface area contributed by atoms with Gasteiger partial charge in [-0.05, 0) is 42.6 Å². The fourth-order valence-corrected chi connectivity index (χ4v) is 3.78. The maximum Gasteiger partial charge on any atom is 0.277 e. The van der Waals surface area contributed by atoms with E-state index in [1.165, 1.54) is 23.1 Å². The molecule has 0 saturated heterocycles. The lowest BCUT2D eigenvalue weighted by Gasteiger charge is -2.20. The third-order valence-corrected chi connectivity index (χ3v) is 5.68. The average Bonchev–Trinajstić information content (AvgIpc) is 3.34. The first kappa shape index (κ1) is 19.7. The molecule has 0 saturated carbocycles. The van der Waals surface area contributed by atoms with Gasteiger partial charge in [0.05, 0.1) is 16.7 Å². The van der Waals surface area contributed by atoms with Crippen LogP contribution in [0, 0.1) is 0 Å². The first-order chi connectivity index (χ1) is 13.0. The first-order valence-corrected chi connectivity index (χ1v) is 10.3. The molecule has 6 nitrogen and oxygen atoms in total. The van der Waals surface area contributed by atoms with Gasteiger partial charge in [-0.15, -0.1) is 21.5 Å². The summed E-state index contributed by atoms with van der Waals surface area (Å²) in [6, 6.07) is 10.9. The van der Waals surface area contributed by atoms with Crippen molar-refractivity contribution in [3.63, 3.8) is 0 Å². The van der Waals surface area contributed by atoms with E-state index >= 15 is 0 Å². The van der Waals surface area contributed by atoms with Crippen LogP contribution in [0.1, 0.15) is 6.92 Å². The van der Waals surface area contributed by atoms with E-state index in [1.54, 1.807) is 36.2 Å². The van der Waals surface area contributed by atoms with Crippen LogP contribution in [-0.2, 0) is 4.79 Å². The number of carbonyl (C=O) groups is 1. The lowest BCUT2D eigenvalue weighted by Crippen LogP contribution is -2.36. The van der Waals surface area contributed by atoms with Crippen molar-refractivity contribution >= 4 is 40.6 Å². The Labute approximate surface area is 170 Å². The van der Waals surface area contributed by atoms with Gasteiger partial charge in [0.2, 0.25) is 5.91 Å². The molecule has 1 unspecified atom stereocenters. The van der Waals surface area contributed by atoms with Crippen molar-refractivity contribution in [2.24, 2.45) is 0 Å². The molecule has 0 radical (unpaired) electrons. The van der Waals surface area contributed by atoms with E-state index in [4.69, 9.17) is 20.8 Å². The van der Waals surface area contributed by atoms with E-state index < -0.39 is 0 Å². The minimum atomic E-state index is -0.345. The molecule has 27 heavy (non-hydrogen) atoms. The van der Waals surface area contributed by atoms with E-state index in [2.05, 4.69) is 10.2 Å². The summed E-state index contributed by atoms with van der Waals surface area (Å²) in [5, 5.41) is 10.7. The van der Waals surface area contributed by atoms with Crippen LogP contribution in [0.2, 0.25) is 5.02 Å². The number of ether oxygens (including phenoxy) is 1. The van der Waals surface area contributed by atoms with Gasteiger partial charge in [0.25, 0.3) is 11.1 Å². The number of nitrogens with zero attached hydrogens (tertiary/aromatic N) is 3. The van der Waals surface area contributed by atoms with Crippen LogP contribution in [-0.4, -0.2) is 46.5 Å². The number of rotatable bonds is 8. The number of thiophene rings is 1. The normalized spacial score (nSPS) is 12.0. The summed E-state index contributed by atoms with van der Waals surface area (Å²) in [4.78, 5) is 15.1. The molecule has 142 valence electrons. The van der Waals surface area contributed by atoms with E-state index in [0.717, 1.165) is 10.6 Å². The van der Waals surface area contributed by atoms with E-state index in [1.807, 2.05) is 24.4 Å². The molecule has 1 atom stereocenters. The second-order valence-corrected chi connectivity index (χ2v) is 8.35. The van der Waals surface area contributed by atoms with Gasteiger partial charge in [-0.25, -0.2) is 0 Å². The number of amides is 1. The molecule has 0 N–H and O–H groups in total. The van der Waals surface area contributed by atoms with E-state index in [9.17, 15) is 4.79 Å². The topological polar surface area (TPSA) is 68.5 Å². The van der Waals surface area contributed by atoms with Crippen LogP contribution in [0.4, 0.5) is 0 Å². The summed E-state index contributed by atoms with van der Waals surface area (Å²) < 4.78 is 11.2. The summed E-state index contributed by atoms with van der Waals surface area (Å²) in [6.07, 6.45) is 0. The summed E-state index contributed by atoms with van der Waals surface area (Å²) >= 11 is 8.61. The molecule has 0 aliphatic heterocycles. The van der Waals surface area contributed by atoms with Crippen LogP contribution >= 0.6 is 34.7 Å². The van der Waals surface area contributed by atoms with Crippen LogP contribution in [0.15, 0.2) is 51.4 Å². The number of halogens is 1. The van der Waals surface area contributed by atoms with Crippen molar-refractivity contribution < 1.29 is 13.9 Å². The van der Waals surface area contributed by atoms with Gasteiger partial charge in [0.15, 0.2) is 0 Å². The Morgan fingerprint density at radius 3 is 2.81 bits per heavy atom. The second kappa shape index (κ2) is 9.25. The number of hydrogen-bond acceptors (Lipinski definition) is 7. The summed E-state index contributed by atoms with van der Waals surface area (Å²) in [5.41, 5.74) is 0. The Bertz CT molecular complexity index is 868. The highest BCUT2D eigenvalue weighted by Crippen LogP contribution is 2.28. The third kappa shape index (κ3) is 5.47. The zero-order valence-electron chi connectivity index (χ0n) is 14.8. The minimum absolute atomic E-state index is 0.0319. The fourth-order valence-electron chi connectivity index (χ4n) is 2.21. The maximum atomic E-state index is 12.5. The van der Waals surface area contributed by atoms with Gasteiger partial charge in [-0.3, -0.25) is 4.79 Å². The highest BCUT2D eigenvalue weighted by Gasteiger charge is 2.22. The molecule has 3 aromatic rings. The predicted molar refractivity (Wildman–Crippen MR) is 108 cm³/mol. The largest absolute Gasteiger partial charge is 0.492 e. The molecular formula is C18H18ClN3O3S2. The summed E-state index contributed by atoms with van der Waals surface area (Å²) in [7, 11) is 1.75. The highest BCUT2D eigenvalue weighted by molar-refractivity contribution is 8.00. The minimum Gasteiger partial charge on any atom is -0.492 e. The van der Waals surface area contributed by atoms with Crippen molar-refractivity contribution in [2.45, 2.75) is 17.4 Å². The lowest BCUT2D eigenvalue weighted by atomic mass is 10.3. The highest BCUT2D eigenvalue weighted by atomic mass is 35.5. The number of carbonyl (C=O) groups excluding carboxylic acids is 1. The standard InChI is InChI=1S/C18H18ClN3O3S2/c1-12(27-18-21-20-16(25-18)15-4-3-11-26-15)17(23)22(2)9-10-24-14-7-5-13(19)6-8-14/h3-8,11-12H,9-10H2,1-2H3. The molecule has 0 aliphatic carbocycles. The van der Waals surface area contributed by atoms with E-state index in [-0.39, 0.29) is 11.2 Å². The number of hydrogen-bond donors (Lipinski definition) is 0. The fraction of sp³-hybridized carbons (Fsp3) is 0.278. The molecule has 1 amide bonds. The van der Waals surface area contributed by atoms with Crippen molar-refractivity contribution in [1.82, 2.24) is 15.1 Å². The summed E-state index contributed by atoms with van der Waals surface area (Å²) in [5.74, 6) is 1.15. The van der Waals surface area contributed by atoms with Gasteiger partial charge < -0.3 is 14.1 Å². The van der Waals surface area contributed by atoms with Gasteiger partial charge in [-0.2, -0.15) is 0 Å². The van der Waals surface area contributed by atoms with Crippen LogP contribution in [0.25, 0.3) is 10.8 Å². The van der Waals surface area contributed by atoms with Gasteiger partial charge in [0.1, 0.15) is 12.4 Å². The molecule has 1 aromatic carbocycles. The Balaban J connectivity index is 1.47. The monoisotopic (exact) mass is 423 g/mol. The number of thioether (sulfide) groups is 1. The van der Waals surface area contributed by atoms with Crippen molar-refractivity contribution in [3.8, 4) is 16.5 Å². The Kier molecular flexibility index (Phi) is 6.76. The van der Waals surface area contributed by atoms with Crippen molar-refractivity contribution in [1.29, 1.82) is 0 Å². The molecule has 3 rings (SSSR count). The lowest BCUT2D eigenvalue weighted by molar-refractivity contribution is -0.129. The molecule has 2 aromatic heterocycles. The van der Waals surface area contributed by atoms with Crippen LogP contribution in [0.3, 0.4) is 0 Å². The Hall–Kier alpha value is -2.03. The Morgan fingerprint density at radius 2 is 2.11 bits per heavy atom. The number of benzene rings is 1. The molecule has 0 bridgehead atoms.